The zero-order chi connectivity index (χ0) is 20.5. The summed E-state index contributed by atoms with van der Waals surface area (Å²) in [4.78, 5) is 11.5. The number of nitrogens with zero attached hydrogens (tertiary/aromatic N) is 3. The predicted octanol–water partition coefficient (Wildman–Crippen LogP) is 3.41. The van der Waals surface area contributed by atoms with Crippen molar-refractivity contribution in [2.75, 3.05) is 59.0 Å². The molecule has 3 heterocycles. The van der Waals surface area contributed by atoms with Crippen LogP contribution in [0.2, 0.25) is 0 Å². The van der Waals surface area contributed by atoms with Crippen LogP contribution in [-0.2, 0) is 4.74 Å². The second kappa shape index (κ2) is 13.9. The second-order valence-electron chi connectivity index (χ2n) is 8.52. The van der Waals surface area contributed by atoms with E-state index in [1.807, 2.05) is 11.3 Å². The molecule has 30 heavy (non-hydrogen) atoms. The van der Waals surface area contributed by atoms with E-state index in [4.69, 9.17) is 9.73 Å². The van der Waals surface area contributed by atoms with Gasteiger partial charge in [0.2, 0.25) is 0 Å². The van der Waals surface area contributed by atoms with Crippen LogP contribution in [0.3, 0.4) is 0 Å². The molecule has 8 heteroatoms. The molecule has 0 spiro atoms. The lowest BCUT2D eigenvalue weighted by Crippen LogP contribution is -2.50. The predicted molar refractivity (Wildman–Crippen MR) is 138 cm³/mol. The van der Waals surface area contributed by atoms with Gasteiger partial charge in [-0.15, -0.1) is 35.3 Å². The lowest BCUT2D eigenvalue weighted by molar-refractivity contribution is -0.0284. The van der Waals surface area contributed by atoms with Crippen LogP contribution < -0.4 is 10.6 Å². The Hall–Kier alpha value is -0.420. The molecule has 2 aliphatic rings. The number of thiophene rings is 1. The minimum atomic E-state index is 0. The van der Waals surface area contributed by atoms with Gasteiger partial charge in [-0.1, -0.05) is 19.9 Å². The van der Waals surface area contributed by atoms with Crippen molar-refractivity contribution >= 4 is 41.3 Å². The van der Waals surface area contributed by atoms with Crippen LogP contribution in [0.4, 0.5) is 0 Å². The molecule has 2 saturated heterocycles. The fraction of sp³-hybridized carbons (Fsp3) is 0.773. The quantitative estimate of drug-likeness (QED) is 0.281. The first-order chi connectivity index (χ1) is 14.2. The van der Waals surface area contributed by atoms with Crippen LogP contribution in [0.1, 0.15) is 44.5 Å². The second-order valence-corrected chi connectivity index (χ2v) is 9.50. The normalized spacial score (nSPS) is 22.1. The summed E-state index contributed by atoms with van der Waals surface area (Å²) in [5.74, 6) is 1.60. The summed E-state index contributed by atoms with van der Waals surface area (Å²) in [5, 5.41) is 9.11. The van der Waals surface area contributed by atoms with Gasteiger partial charge in [0.1, 0.15) is 0 Å². The lowest BCUT2D eigenvalue weighted by Gasteiger charge is -2.34. The van der Waals surface area contributed by atoms with Gasteiger partial charge in [0, 0.05) is 37.6 Å². The highest BCUT2D eigenvalue weighted by atomic mass is 127. The molecule has 2 N–H and O–H groups in total. The molecule has 1 aromatic heterocycles. The van der Waals surface area contributed by atoms with Crippen LogP contribution in [-0.4, -0.2) is 80.8 Å². The van der Waals surface area contributed by atoms with Gasteiger partial charge in [-0.05, 0) is 50.2 Å². The zero-order valence-electron chi connectivity index (χ0n) is 18.8. The molecule has 6 nitrogen and oxygen atoms in total. The van der Waals surface area contributed by atoms with E-state index in [0.717, 1.165) is 51.8 Å². The number of likely N-dealkylation sites (tertiary alicyclic amines) is 1. The van der Waals surface area contributed by atoms with Crippen molar-refractivity contribution in [2.45, 2.75) is 45.8 Å². The highest BCUT2D eigenvalue weighted by molar-refractivity contribution is 14.0. The SMILES string of the molecule is CCNC(=NCC(c1cccs1)N1CCCC1)NCC1CN(CC(C)C)CCO1.I. The van der Waals surface area contributed by atoms with E-state index in [9.17, 15) is 0 Å². The Bertz CT molecular complexity index is 607. The first-order valence-electron chi connectivity index (χ1n) is 11.3. The third-order valence-corrected chi connectivity index (χ3v) is 6.54. The van der Waals surface area contributed by atoms with Crippen molar-refractivity contribution in [2.24, 2.45) is 10.9 Å². The number of hydrogen-bond donors (Lipinski definition) is 2. The van der Waals surface area contributed by atoms with Crippen molar-refractivity contribution < 1.29 is 4.74 Å². The molecule has 0 aromatic carbocycles. The van der Waals surface area contributed by atoms with Crippen molar-refractivity contribution in [1.29, 1.82) is 0 Å². The number of ether oxygens (including phenoxy) is 1. The maximum Gasteiger partial charge on any atom is 0.191 e. The van der Waals surface area contributed by atoms with Crippen LogP contribution in [0.25, 0.3) is 0 Å². The lowest BCUT2D eigenvalue weighted by atomic mass is 10.2. The monoisotopic (exact) mass is 549 g/mol. The molecule has 0 bridgehead atoms. The van der Waals surface area contributed by atoms with Crippen LogP contribution in [0.5, 0.6) is 0 Å². The van der Waals surface area contributed by atoms with E-state index in [0.29, 0.717) is 12.0 Å². The first-order valence-corrected chi connectivity index (χ1v) is 12.2. The Morgan fingerprint density at radius 2 is 2.07 bits per heavy atom. The smallest absolute Gasteiger partial charge is 0.191 e. The van der Waals surface area contributed by atoms with E-state index in [-0.39, 0.29) is 30.1 Å². The summed E-state index contributed by atoms with van der Waals surface area (Å²) in [7, 11) is 0. The summed E-state index contributed by atoms with van der Waals surface area (Å²) in [5.41, 5.74) is 0. The molecule has 0 amide bonds. The molecular weight excluding hydrogens is 509 g/mol. The molecule has 1 aromatic rings. The fourth-order valence-electron chi connectivity index (χ4n) is 4.24. The molecule has 0 saturated carbocycles. The van der Waals surface area contributed by atoms with E-state index in [1.165, 1.54) is 30.8 Å². The van der Waals surface area contributed by atoms with Gasteiger partial charge >= 0.3 is 0 Å². The van der Waals surface area contributed by atoms with E-state index < -0.39 is 0 Å². The van der Waals surface area contributed by atoms with Gasteiger partial charge in [0.25, 0.3) is 0 Å². The Kier molecular flexibility index (Phi) is 12.0. The number of nitrogens with one attached hydrogen (secondary N) is 2. The molecular formula is C22H40IN5OS. The van der Waals surface area contributed by atoms with Gasteiger partial charge in [-0.25, -0.2) is 0 Å². The number of morpholine rings is 1. The van der Waals surface area contributed by atoms with Crippen LogP contribution >= 0.6 is 35.3 Å². The summed E-state index contributed by atoms with van der Waals surface area (Å²) < 4.78 is 5.99. The molecule has 172 valence electrons. The van der Waals surface area contributed by atoms with E-state index in [1.54, 1.807) is 0 Å². The topological polar surface area (TPSA) is 52.1 Å². The number of aliphatic imine (C=N–C) groups is 1. The third kappa shape index (κ3) is 8.26. The van der Waals surface area contributed by atoms with Crippen LogP contribution in [0, 0.1) is 5.92 Å². The zero-order valence-corrected chi connectivity index (χ0v) is 22.0. The molecule has 2 atom stereocenters. The molecule has 3 rings (SSSR count). The summed E-state index contributed by atoms with van der Waals surface area (Å²) in [6, 6.07) is 4.79. The highest BCUT2D eigenvalue weighted by Crippen LogP contribution is 2.28. The van der Waals surface area contributed by atoms with Crippen molar-refractivity contribution in [3.05, 3.63) is 22.4 Å². The van der Waals surface area contributed by atoms with Crippen molar-refractivity contribution in [3.8, 4) is 0 Å². The largest absolute Gasteiger partial charge is 0.374 e. The number of hydrogen-bond acceptors (Lipinski definition) is 5. The van der Waals surface area contributed by atoms with Crippen LogP contribution in [0.15, 0.2) is 22.5 Å². The first kappa shape index (κ1) is 25.8. The molecule has 0 radical (unpaired) electrons. The van der Waals surface area contributed by atoms with Gasteiger partial charge in [0.05, 0.1) is 25.3 Å². The molecule has 2 aliphatic heterocycles. The number of halogens is 1. The Morgan fingerprint density at radius 1 is 1.27 bits per heavy atom. The minimum Gasteiger partial charge on any atom is -0.374 e. The van der Waals surface area contributed by atoms with E-state index in [2.05, 4.69) is 58.7 Å². The number of guanidine groups is 1. The van der Waals surface area contributed by atoms with Gasteiger partial charge in [0.15, 0.2) is 5.96 Å². The van der Waals surface area contributed by atoms with Gasteiger partial charge in [-0.2, -0.15) is 0 Å². The van der Waals surface area contributed by atoms with Gasteiger partial charge < -0.3 is 15.4 Å². The summed E-state index contributed by atoms with van der Waals surface area (Å²) in [6.45, 7) is 15.5. The Morgan fingerprint density at radius 3 is 2.73 bits per heavy atom. The average molecular weight is 550 g/mol. The number of rotatable bonds is 9. The highest BCUT2D eigenvalue weighted by Gasteiger charge is 2.24. The summed E-state index contributed by atoms with van der Waals surface area (Å²) in [6.07, 6.45) is 2.82. The summed E-state index contributed by atoms with van der Waals surface area (Å²) >= 11 is 1.85. The Labute approximate surface area is 203 Å². The maximum atomic E-state index is 5.99. The standard InChI is InChI=1S/C22H39N5OS.HI/c1-4-23-22(24-14-19-17-26(11-12-28-19)16-18(2)3)25-15-20(21-8-7-13-29-21)27-9-5-6-10-27;/h7-8,13,18-20H,4-6,9-12,14-17H2,1-3H3,(H2,23,24,25);1H. The third-order valence-electron chi connectivity index (χ3n) is 5.56. The van der Waals surface area contributed by atoms with Crippen molar-refractivity contribution in [3.63, 3.8) is 0 Å². The van der Waals surface area contributed by atoms with Crippen molar-refractivity contribution in [1.82, 2.24) is 20.4 Å². The molecule has 2 unspecified atom stereocenters. The van der Waals surface area contributed by atoms with Gasteiger partial charge in [-0.3, -0.25) is 14.8 Å². The maximum absolute atomic E-state index is 5.99. The fourth-order valence-corrected chi connectivity index (χ4v) is 5.09. The molecule has 2 fully saturated rings. The Balaban J connectivity index is 0.00000320. The molecule has 0 aliphatic carbocycles. The minimum absolute atomic E-state index is 0. The van der Waals surface area contributed by atoms with E-state index >= 15 is 0 Å². The average Bonchev–Trinajstić information content (AvgIpc) is 3.41.